The van der Waals surface area contributed by atoms with Crippen LogP contribution in [0.4, 0.5) is 0 Å². The quantitative estimate of drug-likeness (QED) is 0.481. The molecule has 5 rings (SSSR count). The smallest absolute Gasteiger partial charge is 0.246 e. The van der Waals surface area contributed by atoms with Crippen LogP contribution < -0.4 is 0 Å². The van der Waals surface area contributed by atoms with Gasteiger partial charge in [0.1, 0.15) is 6.54 Å². The van der Waals surface area contributed by atoms with Crippen molar-refractivity contribution in [3.05, 3.63) is 58.6 Å². The number of para-hydroxylation sites is 1. The van der Waals surface area contributed by atoms with Gasteiger partial charge < -0.3 is 4.90 Å². The van der Waals surface area contributed by atoms with E-state index in [0.717, 1.165) is 29.9 Å². The monoisotopic (exact) mass is 438 g/mol. The molecule has 1 amide bonds. The molecule has 7 nitrogen and oxygen atoms in total. The first-order valence-corrected chi connectivity index (χ1v) is 11.0. The van der Waals surface area contributed by atoms with Crippen molar-refractivity contribution in [1.29, 1.82) is 0 Å². The predicted molar refractivity (Wildman–Crippen MR) is 116 cm³/mol. The molecule has 1 saturated heterocycles. The largest absolute Gasteiger partial charge is 0.340 e. The molecule has 0 spiro atoms. The van der Waals surface area contributed by atoms with Crippen LogP contribution in [0.25, 0.3) is 21.6 Å². The Balaban J connectivity index is 1.28. The van der Waals surface area contributed by atoms with Gasteiger partial charge in [-0.25, -0.2) is 4.98 Å². The number of hydrogen-bond donors (Lipinski definition) is 0. The molecule has 0 radical (unpaired) electrons. The standard InChI is InChI=1S/C21H19ClN6OS/c22-16-8-2-1-7-15(16)20-24-26-28(25-20)13-19(29)27-11-5-6-14(12-27)21-23-17-9-3-4-10-18(17)30-21/h1-4,7-10,14H,5-6,11-13H2/t14-/m1/s1. The highest BCUT2D eigenvalue weighted by molar-refractivity contribution is 7.18. The summed E-state index contributed by atoms with van der Waals surface area (Å²) >= 11 is 7.92. The zero-order valence-corrected chi connectivity index (χ0v) is 17.7. The third kappa shape index (κ3) is 3.80. The maximum absolute atomic E-state index is 12.9. The summed E-state index contributed by atoms with van der Waals surface area (Å²) in [6.45, 7) is 1.47. The maximum atomic E-state index is 12.9. The zero-order valence-electron chi connectivity index (χ0n) is 16.1. The van der Waals surface area contributed by atoms with Crippen molar-refractivity contribution in [2.75, 3.05) is 13.1 Å². The molecule has 1 fully saturated rings. The Morgan fingerprint density at radius 2 is 2.00 bits per heavy atom. The molecule has 1 aliphatic heterocycles. The molecule has 0 saturated carbocycles. The van der Waals surface area contributed by atoms with Crippen LogP contribution in [-0.4, -0.2) is 49.1 Å². The fourth-order valence-electron chi connectivity index (χ4n) is 3.75. The van der Waals surface area contributed by atoms with Gasteiger partial charge in [-0.05, 0) is 42.3 Å². The number of thiazole rings is 1. The zero-order chi connectivity index (χ0) is 20.5. The van der Waals surface area contributed by atoms with Crippen LogP contribution in [0.3, 0.4) is 0 Å². The molecule has 2 aromatic carbocycles. The third-order valence-corrected chi connectivity index (χ3v) is 6.81. The molecule has 0 aliphatic carbocycles. The minimum absolute atomic E-state index is 0.0103. The van der Waals surface area contributed by atoms with Crippen molar-refractivity contribution in [2.45, 2.75) is 25.3 Å². The Kier molecular flexibility index (Phi) is 5.18. The topological polar surface area (TPSA) is 76.8 Å². The van der Waals surface area contributed by atoms with E-state index in [1.807, 2.05) is 41.3 Å². The van der Waals surface area contributed by atoms with E-state index in [-0.39, 0.29) is 18.4 Å². The number of tetrazole rings is 1. The van der Waals surface area contributed by atoms with Crippen molar-refractivity contribution in [3.8, 4) is 11.4 Å². The van der Waals surface area contributed by atoms with Crippen molar-refractivity contribution in [2.24, 2.45) is 0 Å². The second kappa shape index (κ2) is 8.12. The van der Waals surface area contributed by atoms with Gasteiger partial charge in [0.15, 0.2) is 0 Å². The number of nitrogens with zero attached hydrogens (tertiary/aromatic N) is 6. The number of hydrogen-bond acceptors (Lipinski definition) is 6. The van der Waals surface area contributed by atoms with Crippen LogP contribution in [0.5, 0.6) is 0 Å². The van der Waals surface area contributed by atoms with Gasteiger partial charge in [0.2, 0.25) is 11.7 Å². The molecule has 152 valence electrons. The van der Waals surface area contributed by atoms with Gasteiger partial charge in [0.25, 0.3) is 0 Å². The highest BCUT2D eigenvalue weighted by Crippen LogP contribution is 2.33. The van der Waals surface area contributed by atoms with E-state index in [1.165, 1.54) is 9.50 Å². The first-order valence-electron chi connectivity index (χ1n) is 9.83. The molecule has 0 unspecified atom stereocenters. The summed E-state index contributed by atoms with van der Waals surface area (Å²) in [5.74, 6) is 0.672. The van der Waals surface area contributed by atoms with Crippen molar-refractivity contribution < 1.29 is 4.79 Å². The average molecular weight is 439 g/mol. The normalized spacial score (nSPS) is 16.8. The summed E-state index contributed by atoms with van der Waals surface area (Å²) in [5.41, 5.74) is 1.73. The first-order chi connectivity index (χ1) is 14.7. The van der Waals surface area contributed by atoms with Crippen molar-refractivity contribution in [1.82, 2.24) is 30.1 Å². The van der Waals surface area contributed by atoms with Gasteiger partial charge >= 0.3 is 0 Å². The van der Waals surface area contributed by atoms with Crippen LogP contribution in [0.2, 0.25) is 5.02 Å². The van der Waals surface area contributed by atoms with E-state index in [4.69, 9.17) is 16.6 Å². The fourth-order valence-corrected chi connectivity index (χ4v) is 5.06. The van der Waals surface area contributed by atoms with Gasteiger partial charge in [-0.2, -0.15) is 4.80 Å². The maximum Gasteiger partial charge on any atom is 0.246 e. The lowest BCUT2D eigenvalue weighted by Crippen LogP contribution is -2.41. The van der Waals surface area contributed by atoms with Crippen LogP contribution in [0.1, 0.15) is 23.8 Å². The van der Waals surface area contributed by atoms with E-state index in [2.05, 4.69) is 21.5 Å². The third-order valence-electron chi connectivity index (χ3n) is 5.28. The summed E-state index contributed by atoms with van der Waals surface area (Å²) < 4.78 is 1.19. The number of amides is 1. The summed E-state index contributed by atoms with van der Waals surface area (Å²) in [6, 6.07) is 15.5. The van der Waals surface area contributed by atoms with Gasteiger partial charge in [-0.15, -0.1) is 21.5 Å². The number of piperidine rings is 1. The lowest BCUT2D eigenvalue weighted by atomic mass is 9.98. The number of carbonyl (C=O) groups is 1. The Morgan fingerprint density at radius 3 is 2.87 bits per heavy atom. The second-order valence-corrected chi connectivity index (χ2v) is 8.79. The SMILES string of the molecule is O=C(Cn1nnc(-c2ccccc2Cl)n1)N1CCC[C@@H](c2nc3ccccc3s2)C1. The number of likely N-dealkylation sites (tertiary alicyclic amines) is 1. The van der Waals surface area contributed by atoms with Crippen LogP contribution in [0.15, 0.2) is 48.5 Å². The second-order valence-electron chi connectivity index (χ2n) is 7.32. The van der Waals surface area contributed by atoms with E-state index in [9.17, 15) is 4.79 Å². The van der Waals surface area contributed by atoms with Gasteiger partial charge in [0.05, 0.1) is 20.2 Å². The Hall–Kier alpha value is -2.84. The summed E-state index contributed by atoms with van der Waals surface area (Å²) in [6.07, 6.45) is 2.00. The molecule has 1 atom stereocenters. The molecule has 4 aromatic rings. The molecule has 3 heterocycles. The molecule has 30 heavy (non-hydrogen) atoms. The molecule has 9 heteroatoms. The summed E-state index contributed by atoms with van der Waals surface area (Å²) in [7, 11) is 0. The molecule has 1 aliphatic rings. The van der Waals surface area contributed by atoms with Gasteiger partial charge in [0, 0.05) is 24.6 Å². The first kappa shape index (κ1) is 19.1. The number of fused-ring (bicyclic) bond motifs is 1. The van der Waals surface area contributed by atoms with E-state index >= 15 is 0 Å². The molecule has 0 N–H and O–H groups in total. The van der Waals surface area contributed by atoms with Gasteiger partial charge in [-0.3, -0.25) is 4.79 Å². The predicted octanol–water partition coefficient (Wildman–Crippen LogP) is 4.01. The van der Waals surface area contributed by atoms with Crippen LogP contribution in [0, 0.1) is 0 Å². The van der Waals surface area contributed by atoms with E-state index in [1.54, 1.807) is 17.4 Å². The Bertz CT molecular complexity index is 1170. The molecule has 2 aromatic heterocycles. The molecule has 0 bridgehead atoms. The Labute approximate surface area is 182 Å². The Morgan fingerprint density at radius 1 is 1.17 bits per heavy atom. The van der Waals surface area contributed by atoms with Crippen molar-refractivity contribution in [3.63, 3.8) is 0 Å². The number of carbonyl (C=O) groups excluding carboxylic acids is 1. The average Bonchev–Trinajstić information content (AvgIpc) is 3.41. The highest BCUT2D eigenvalue weighted by Gasteiger charge is 2.27. The minimum Gasteiger partial charge on any atom is -0.340 e. The minimum atomic E-state index is -0.0103. The number of halogens is 1. The van der Waals surface area contributed by atoms with E-state index in [0.29, 0.717) is 23.0 Å². The van der Waals surface area contributed by atoms with E-state index < -0.39 is 0 Å². The number of rotatable bonds is 4. The van der Waals surface area contributed by atoms with Crippen molar-refractivity contribution >= 4 is 39.1 Å². The summed E-state index contributed by atoms with van der Waals surface area (Å²) in [5, 5.41) is 14.1. The van der Waals surface area contributed by atoms with Crippen LogP contribution in [-0.2, 0) is 11.3 Å². The molecular formula is C21H19ClN6OS. The number of aromatic nitrogens is 5. The molecular weight excluding hydrogens is 420 g/mol. The van der Waals surface area contributed by atoms with Crippen LogP contribution >= 0.6 is 22.9 Å². The summed E-state index contributed by atoms with van der Waals surface area (Å²) in [4.78, 5) is 20.9. The fraction of sp³-hybridized carbons (Fsp3) is 0.286. The lowest BCUT2D eigenvalue weighted by molar-refractivity contribution is -0.133. The highest BCUT2D eigenvalue weighted by atomic mass is 35.5. The lowest BCUT2D eigenvalue weighted by Gasteiger charge is -2.31. The van der Waals surface area contributed by atoms with Gasteiger partial charge in [-0.1, -0.05) is 35.9 Å². The number of benzene rings is 2.